The number of phenols is 1. The molecule has 27 heavy (non-hydrogen) atoms. The van der Waals surface area contributed by atoms with Gasteiger partial charge in [-0.1, -0.05) is 23.2 Å². The molecular weight excluding hydrogens is 412 g/mol. The Morgan fingerprint density at radius 3 is 2.15 bits per heavy atom. The Labute approximate surface area is 162 Å². The van der Waals surface area contributed by atoms with Crippen molar-refractivity contribution in [1.82, 2.24) is 0 Å². The van der Waals surface area contributed by atoms with E-state index in [0.717, 1.165) is 12.1 Å². The molecule has 0 bridgehead atoms. The topological polar surface area (TPSA) is 65.0 Å². The zero-order valence-corrected chi connectivity index (χ0v) is 15.1. The van der Waals surface area contributed by atoms with Crippen LogP contribution in [-0.2, 0) is 4.79 Å². The van der Waals surface area contributed by atoms with Gasteiger partial charge in [-0.15, -0.1) is 13.2 Å². The first-order chi connectivity index (χ1) is 12.6. The van der Waals surface area contributed by atoms with E-state index < -0.39 is 18.1 Å². The number of alkyl halides is 3. The SMILES string of the molecule is O=C(CCCOc1c(Cl)cc(O)cc1Cl)Oc1ccc(OC(F)(F)F)cc1. The van der Waals surface area contributed by atoms with Crippen LogP contribution in [0, 0.1) is 0 Å². The molecular formula is C17H13Cl2F3O5. The Morgan fingerprint density at radius 2 is 1.59 bits per heavy atom. The first-order valence-electron chi connectivity index (χ1n) is 7.51. The van der Waals surface area contributed by atoms with Gasteiger partial charge in [0.05, 0.1) is 16.7 Å². The van der Waals surface area contributed by atoms with Crippen LogP contribution < -0.4 is 14.2 Å². The molecule has 2 aromatic rings. The minimum Gasteiger partial charge on any atom is -0.508 e. The predicted octanol–water partition coefficient (Wildman–Crippen LogP) is 5.36. The molecule has 10 heteroatoms. The summed E-state index contributed by atoms with van der Waals surface area (Å²) >= 11 is 11.8. The highest BCUT2D eigenvalue weighted by Crippen LogP contribution is 2.36. The molecule has 0 atom stereocenters. The van der Waals surface area contributed by atoms with Gasteiger partial charge in [0, 0.05) is 18.6 Å². The van der Waals surface area contributed by atoms with Gasteiger partial charge < -0.3 is 19.3 Å². The van der Waals surface area contributed by atoms with Crippen molar-refractivity contribution in [2.45, 2.75) is 19.2 Å². The number of esters is 1. The van der Waals surface area contributed by atoms with Crippen molar-refractivity contribution in [3.05, 3.63) is 46.4 Å². The number of carbonyl (C=O) groups is 1. The van der Waals surface area contributed by atoms with E-state index in [1.807, 2.05) is 0 Å². The Hall–Kier alpha value is -2.32. The first kappa shape index (κ1) is 21.0. The van der Waals surface area contributed by atoms with Crippen molar-refractivity contribution >= 4 is 29.2 Å². The van der Waals surface area contributed by atoms with Gasteiger partial charge in [0.2, 0.25) is 0 Å². The average Bonchev–Trinajstić information content (AvgIpc) is 2.53. The van der Waals surface area contributed by atoms with E-state index in [9.17, 15) is 23.1 Å². The number of carbonyl (C=O) groups excluding carboxylic acids is 1. The summed E-state index contributed by atoms with van der Waals surface area (Å²) in [6.45, 7) is 0.109. The molecule has 0 amide bonds. The third-order valence-corrected chi connectivity index (χ3v) is 3.61. The molecule has 0 aliphatic heterocycles. The second-order valence-corrected chi connectivity index (χ2v) is 6.00. The van der Waals surface area contributed by atoms with Crippen LogP contribution >= 0.6 is 23.2 Å². The zero-order valence-electron chi connectivity index (χ0n) is 13.6. The molecule has 1 N–H and O–H groups in total. The lowest BCUT2D eigenvalue weighted by Crippen LogP contribution is -2.17. The highest BCUT2D eigenvalue weighted by Gasteiger charge is 2.31. The number of hydrogen-bond acceptors (Lipinski definition) is 5. The Balaban J connectivity index is 1.77. The molecule has 2 rings (SSSR count). The summed E-state index contributed by atoms with van der Waals surface area (Å²) in [7, 11) is 0. The van der Waals surface area contributed by atoms with Gasteiger partial charge >= 0.3 is 12.3 Å². The summed E-state index contributed by atoms with van der Waals surface area (Å²) in [5.41, 5.74) is 0. The van der Waals surface area contributed by atoms with Gasteiger partial charge in [0.1, 0.15) is 17.2 Å². The second-order valence-electron chi connectivity index (χ2n) is 5.18. The van der Waals surface area contributed by atoms with Crippen molar-refractivity contribution in [2.75, 3.05) is 6.61 Å². The van der Waals surface area contributed by atoms with Crippen molar-refractivity contribution in [3.8, 4) is 23.0 Å². The van der Waals surface area contributed by atoms with E-state index in [-0.39, 0.29) is 46.7 Å². The lowest BCUT2D eigenvalue weighted by atomic mass is 10.3. The Kier molecular flexibility index (Phi) is 7.04. The second kappa shape index (κ2) is 9.05. The summed E-state index contributed by atoms with van der Waals surface area (Å²) < 4.78 is 50.3. The van der Waals surface area contributed by atoms with Crippen LogP contribution in [0.5, 0.6) is 23.0 Å². The molecule has 0 heterocycles. The van der Waals surface area contributed by atoms with E-state index in [1.165, 1.54) is 24.3 Å². The van der Waals surface area contributed by atoms with Gasteiger partial charge in [0.15, 0.2) is 5.75 Å². The monoisotopic (exact) mass is 424 g/mol. The summed E-state index contributed by atoms with van der Waals surface area (Å²) in [5, 5.41) is 9.58. The predicted molar refractivity (Wildman–Crippen MR) is 91.6 cm³/mol. The number of ether oxygens (including phenoxy) is 3. The Morgan fingerprint density at radius 1 is 1.04 bits per heavy atom. The van der Waals surface area contributed by atoms with E-state index in [4.69, 9.17) is 32.7 Å². The minimum atomic E-state index is -4.79. The van der Waals surface area contributed by atoms with Crippen LogP contribution in [-0.4, -0.2) is 24.0 Å². The fourth-order valence-corrected chi connectivity index (χ4v) is 2.55. The maximum atomic E-state index is 12.1. The maximum Gasteiger partial charge on any atom is 0.573 e. The van der Waals surface area contributed by atoms with Crippen LogP contribution in [0.25, 0.3) is 0 Å². The molecule has 0 saturated heterocycles. The normalized spacial score (nSPS) is 11.1. The number of aromatic hydroxyl groups is 1. The zero-order chi connectivity index (χ0) is 20.0. The third kappa shape index (κ3) is 7.07. The molecule has 0 saturated carbocycles. The summed E-state index contributed by atoms with van der Waals surface area (Å²) in [4.78, 5) is 11.7. The highest BCUT2D eigenvalue weighted by molar-refractivity contribution is 6.37. The highest BCUT2D eigenvalue weighted by atomic mass is 35.5. The molecule has 0 aliphatic rings. The summed E-state index contributed by atoms with van der Waals surface area (Å²) in [6, 6.07) is 6.98. The van der Waals surface area contributed by atoms with Gasteiger partial charge in [-0.2, -0.15) is 0 Å². The third-order valence-electron chi connectivity index (χ3n) is 3.04. The number of hydrogen-bond donors (Lipinski definition) is 1. The number of benzene rings is 2. The first-order valence-corrected chi connectivity index (χ1v) is 8.27. The van der Waals surface area contributed by atoms with Crippen LogP contribution in [0.1, 0.15) is 12.8 Å². The molecule has 0 aliphatic carbocycles. The molecule has 0 radical (unpaired) electrons. The van der Waals surface area contributed by atoms with Crippen LogP contribution in [0.15, 0.2) is 36.4 Å². The van der Waals surface area contributed by atoms with Gasteiger partial charge in [0.25, 0.3) is 0 Å². The standard InChI is InChI=1S/C17H13Cl2F3O5/c18-13-8-10(23)9-14(19)16(13)25-7-1-2-15(24)26-11-3-5-12(6-4-11)27-17(20,21)22/h3-6,8-9,23H,1-2,7H2. The van der Waals surface area contributed by atoms with Crippen molar-refractivity contribution in [3.63, 3.8) is 0 Å². The molecule has 0 spiro atoms. The van der Waals surface area contributed by atoms with E-state index in [0.29, 0.717) is 0 Å². The molecule has 2 aromatic carbocycles. The number of rotatable bonds is 7. The van der Waals surface area contributed by atoms with E-state index in [2.05, 4.69) is 4.74 Å². The average molecular weight is 425 g/mol. The van der Waals surface area contributed by atoms with Crippen molar-refractivity contribution < 1.29 is 37.3 Å². The lowest BCUT2D eigenvalue weighted by Gasteiger charge is -2.11. The van der Waals surface area contributed by atoms with Crippen molar-refractivity contribution in [1.29, 1.82) is 0 Å². The van der Waals surface area contributed by atoms with E-state index >= 15 is 0 Å². The smallest absolute Gasteiger partial charge is 0.508 e. The van der Waals surface area contributed by atoms with Crippen LogP contribution in [0.4, 0.5) is 13.2 Å². The molecule has 0 fully saturated rings. The maximum absolute atomic E-state index is 12.1. The van der Waals surface area contributed by atoms with Gasteiger partial charge in [-0.3, -0.25) is 4.79 Å². The number of phenolic OH excluding ortho intramolecular Hbond substituents is 1. The number of halogens is 5. The fraction of sp³-hybridized carbons (Fsp3) is 0.235. The summed E-state index contributed by atoms with van der Waals surface area (Å²) in [5.74, 6) is -0.846. The fourth-order valence-electron chi connectivity index (χ4n) is 1.97. The van der Waals surface area contributed by atoms with Crippen LogP contribution in [0.3, 0.4) is 0 Å². The lowest BCUT2D eigenvalue weighted by molar-refractivity contribution is -0.274. The molecule has 0 aromatic heterocycles. The molecule has 5 nitrogen and oxygen atoms in total. The van der Waals surface area contributed by atoms with Gasteiger partial charge in [-0.25, -0.2) is 0 Å². The summed E-state index contributed by atoms with van der Waals surface area (Å²) in [6.07, 6.45) is -4.52. The molecule has 146 valence electrons. The van der Waals surface area contributed by atoms with Crippen molar-refractivity contribution in [2.24, 2.45) is 0 Å². The quantitative estimate of drug-likeness (QED) is 0.368. The van der Waals surface area contributed by atoms with Gasteiger partial charge in [-0.05, 0) is 30.7 Å². The van der Waals surface area contributed by atoms with Crippen LogP contribution in [0.2, 0.25) is 10.0 Å². The van der Waals surface area contributed by atoms with E-state index in [1.54, 1.807) is 0 Å². The minimum absolute atomic E-state index is 0.00583. The largest absolute Gasteiger partial charge is 0.573 e. The Bertz CT molecular complexity index is 771. The molecule has 0 unspecified atom stereocenters.